The number of rotatable bonds is 4. The van der Waals surface area contributed by atoms with Gasteiger partial charge in [0, 0.05) is 36.8 Å². The first kappa shape index (κ1) is 16.1. The molecule has 2 aromatic rings. The lowest BCUT2D eigenvalue weighted by Crippen LogP contribution is -2.37. The van der Waals surface area contributed by atoms with Gasteiger partial charge in [-0.1, -0.05) is 36.4 Å². The van der Waals surface area contributed by atoms with Crippen LogP contribution in [0, 0.1) is 0 Å². The highest BCUT2D eigenvalue weighted by Crippen LogP contribution is 2.28. The fourth-order valence-corrected chi connectivity index (χ4v) is 3.99. The van der Waals surface area contributed by atoms with Crippen LogP contribution in [-0.4, -0.2) is 37.1 Å². The van der Waals surface area contributed by atoms with Crippen LogP contribution in [-0.2, 0) is 16.4 Å². The molecular weight excluding hydrogens is 308 g/mol. The topological polar surface area (TPSA) is 50.3 Å². The van der Waals surface area contributed by atoms with E-state index in [0.717, 1.165) is 30.7 Å². The first-order chi connectivity index (χ1) is 11.0. The summed E-state index contributed by atoms with van der Waals surface area (Å²) >= 11 is 0. The van der Waals surface area contributed by atoms with E-state index >= 15 is 0 Å². The summed E-state index contributed by atoms with van der Waals surface area (Å²) in [4.78, 5) is 4.81. The molecule has 0 atom stereocenters. The number of aromatic nitrogens is 1. The van der Waals surface area contributed by atoms with E-state index < -0.39 is 10.0 Å². The monoisotopic (exact) mass is 330 g/mol. The summed E-state index contributed by atoms with van der Waals surface area (Å²) in [5.41, 5.74) is 3.41. The van der Waals surface area contributed by atoms with Crippen molar-refractivity contribution in [2.24, 2.45) is 0 Å². The lowest BCUT2D eigenvalue weighted by molar-refractivity contribution is 0.318. The van der Waals surface area contributed by atoms with E-state index in [9.17, 15) is 8.42 Å². The average molecular weight is 330 g/mol. The molecule has 5 heteroatoms. The molecule has 1 aliphatic rings. The summed E-state index contributed by atoms with van der Waals surface area (Å²) in [7, 11) is -3.07. The number of sulfonamides is 1. The van der Waals surface area contributed by atoms with Gasteiger partial charge in [0.2, 0.25) is 10.0 Å². The Hall–Kier alpha value is -1.72. The molecule has 0 spiro atoms. The van der Waals surface area contributed by atoms with Crippen LogP contribution in [0.25, 0.3) is 0 Å². The molecule has 0 radical (unpaired) electrons. The van der Waals surface area contributed by atoms with Gasteiger partial charge >= 0.3 is 0 Å². The standard InChI is InChI=1S/C18H22N2O2S/c1-23(21,22)20-12-10-16(11-13-20)18-9-5-8-17(19-18)14-15-6-3-2-4-7-15/h2-9,16H,10-14H2,1H3. The van der Waals surface area contributed by atoms with Crippen LogP contribution >= 0.6 is 0 Å². The molecule has 3 rings (SSSR count). The highest BCUT2D eigenvalue weighted by molar-refractivity contribution is 7.88. The third-order valence-corrected chi connectivity index (χ3v) is 5.70. The van der Waals surface area contributed by atoms with Gasteiger partial charge in [0.1, 0.15) is 0 Å². The fraction of sp³-hybridized carbons (Fsp3) is 0.389. The minimum atomic E-state index is -3.07. The first-order valence-corrected chi connectivity index (χ1v) is 9.82. The Balaban J connectivity index is 1.69. The fourth-order valence-electron chi connectivity index (χ4n) is 3.11. The van der Waals surface area contributed by atoms with Crippen molar-refractivity contribution in [2.45, 2.75) is 25.2 Å². The number of hydrogen-bond acceptors (Lipinski definition) is 3. The Labute approximate surface area is 138 Å². The van der Waals surface area contributed by atoms with Gasteiger partial charge in [0.15, 0.2) is 0 Å². The molecule has 1 aromatic heterocycles. The zero-order valence-corrected chi connectivity index (χ0v) is 14.2. The van der Waals surface area contributed by atoms with Crippen molar-refractivity contribution in [2.75, 3.05) is 19.3 Å². The minimum Gasteiger partial charge on any atom is -0.257 e. The molecule has 122 valence electrons. The van der Waals surface area contributed by atoms with Crippen molar-refractivity contribution in [3.63, 3.8) is 0 Å². The molecule has 0 bridgehead atoms. The Morgan fingerprint density at radius 2 is 1.74 bits per heavy atom. The summed E-state index contributed by atoms with van der Waals surface area (Å²) < 4.78 is 24.8. The summed E-state index contributed by atoms with van der Waals surface area (Å²) in [5.74, 6) is 0.351. The molecule has 1 fully saturated rings. The molecule has 1 aliphatic heterocycles. The zero-order chi connectivity index (χ0) is 16.3. The Kier molecular flexibility index (Phi) is 4.78. The predicted molar refractivity (Wildman–Crippen MR) is 91.9 cm³/mol. The van der Waals surface area contributed by atoms with Crippen LogP contribution in [0.2, 0.25) is 0 Å². The van der Waals surface area contributed by atoms with Crippen molar-refractivity contribution in [3.05, 3.63) is 65.5 Å². The van der Waals surface area contributed by atoms with E-state index in [-0.39, 0.29) is 0 Å². The SMILES string of the molecule is CS(=O)(=O)N1CCC(c2cccc(Cc3ccccc3)n2)CC1. The van der Waals surface area contributed by atoms with Crippen LogP contribution < -0.4 is 0 Å². The number of benzene rings is 1. The van der Waals surface area contributed by atoms with Gasteiger partial charge in [-0.15, -0.1) is 0 Å². The Bertz CT molecular complexity index is 752. The molecule has 0 N–H and O–H groups in total. The summed E-state index contributed by atoms with van der Waals surface area (Å²) in [6.45, 7) is 1.18. The number of nitrogens with zero attached hydrogens (tertiary/aromatic N) is 2. The second-order valence-corrected chi connectivity index (χ2v) is 8.13. The molecule has 4 nitrogen and oxygen atoms in total. The van der Waals surface area contributed by atoms with Gasteiger partial charge in [-0.2, -0.15) is 0 Å². The Morgan fingerprint density at radius 3 is 2.39 bits per heavy atom. The number of piperidine rings is 1. The van der Waals surface area contributed by atoms with Crippen LogP contribution in [0.5, 0.6) is 0 Å². The van der Waals surface area contributed by atoms with Crippen LogP contribution in [0.4, 0.5) is 0 Å². The highest BCUT2D eigenvalue weighted by Gasteiger charge is 2.26. The first-order valence-electron chi connectivity index (χ1n) is 7.97. The second-order valence-electron chi connectivity index (χ2n) is 6.15. The third kappa shape index (κ3) is 4.18. The molecule has 1 saturated heterocycles. The molecule has 0 unspecified atom stereocenters. The van der Waals surface area contributed by atoms with E-state index in [1.807, 2.05) is 18.2 Å². The molecule has 0 saturated carbocycles. The number of pyridine rings is 1. The van der Waals surface area contributed by atoms with E-state index in [4.69, 9.17) is 4.98 Å². The van der Waals surface area contributed by atoms with Gasteiger partial charge in [-0.3, -0.25) is 4.98 Å². The van der Waals surface area contributed by atoms with Crippen molar-refractivity contribution >= 4 is 10.0 Å². The Morgan fingerprint density at radius 1 is 1.04 bits per heavy atom. The van der Waals surface area contributed by atoms with E-state index in [1.54, 1.807) is 4.31 Å². The molecule has 1 aromatic carbocycles. The molecule has 2 heterocycles. The zero-order valence-electron chi connectivity index (χ0n) is 13.4. The maximum Gasteiger partial charge on any atom is 0.211 e. The quantitative estimate of drug-likeness (QED) is 0.866. The lowest BCUT2D eigenvalue weighted by atomic mass is 9.94. The maximum atomic E-state index is 11.6. The van der Waals surface area contributed by atoms with Crippen molar-refractivity contribution in [3.8, 4) is 0 Å². The van der Waals surface area contributed by atoms with Gasteiger partial charge < -0.3 is 0 Å². The van der Waals surface area contributed by atoms with Gasteiger partial charge in [-0.05, 0) is 30.5 Å². The molecule has 23 heavy (non-hydrogen) atoms. The molecular formula is C18H22N2O2S. The highest BCUT2D eigenvalue weighted by atomic mass is 32.2. The van der Waals surface area contributed by atoms with Gasteiger partial charge in [0.05, 0.1) is 6.26 Å². The van der Waals surface area contributed by atoms with Crippen molar-refractivity contribution in [1.29, 1.82) is 0 Å². The third-order valence-electron chi connectivity index (χ3n) is 4.40. The molecule has 0 aliphatic carbocycles. The largest absolute Gasteiger partial charge is 0.257 e. The summed E-state index contributed by atoms with van der Waals surface area (Å²) in [5, 5.41) is 0. The number of hydrogen-bond donors (Lipinski definition) is 0. The second kappa shape index (κ2) is 6.81. The molecule has 0 amide bonds. The predicted octanol–water partition coefficient (Wildman–Crippen LogP) is 2.81. The normalized spacial score (nSPS) is 17.3. The lowest BCUT2D eigenvalue weighted by Gasteiger charge is -2.30. The maximum absolute atomic E-state index is 11.6. The van der Waals surface area contributed by atoms with Gasteiger partial charge in [0.25, 0.3) is 0 Å². The van der Waals surface area contributed by atoms with E-state index in [2.05, 4.69) is 30.3 Å². The smallest absolute Gasteiger partial charge is 0.211 e. The van der Waals surface area contributed by atoms with Crippen molar-refractivity contribution < 1.29 is 8.42 Å². The minimum absolute atomic E-state index is 0.351. The average Bonchev–Trinajstić information content (AvgIpc) is 2.55. The van der Waals surface area contributed by atoms with Crippen LogP contribution in [0.1, 0.15) is 35.7 Å². The van der Waals surface area contributed by atoms with Crippen LogP contribution in [0.15, 0.2) is 48.5 Å². The summed E-state index contributed by atoms with van der Waals surface area (Å²) in [6, 6.07) is 16.5. The van der Waals surface area contributed by atoms with E-state index in [0.29, 0.717) is 19.0 Å². The van der Waals surface area contributed by atoms with E-state index in [1.165, 1.54) is 11.8 Å². The van der Waals surface area contributed by atoms with Crippen molar-refractivity contribution in [1.82, 2.24) is 9.29 Å². The van der Waals surface area contributed by atoms with Gasteiger partial charge in [-0.25, -0.2) is 12.7 Å². The van der Waals surface area contributed by atoms with Crippen LogP contribution in [0.3, 0.4) is 0 Å². The summed E-state index contributed by atoms with van der Waals surface area (Å²) in [6.07, 6.45) is 3.80.